The number of aromatic nitrogens is 1. The maximum absolute atomic E-state index is 14.6. The summed E-state index contributed by atoms with van der Waals surface area (Å²) in [5, 5.41) is 0.853. The molecule has 1 amide bonds. The molecule has 6 rings (SSSR count). The number of benzene rings is 3. The van der Waals surface area contributed by atoms with E-state index in [-0.39, 0.29) is 25.1 Å². The van der Waals surface area contributed by atoms with Crippen molar-refractivity contribution in [2.75, 3.05) is 11.4 Å². The molecule has 45 heavy (non-hydrogen) atoms. The molecular weight excluding hydrogens is 617 g/mol. The highest BCUT2D eigenvalue weighted by atomic mass is 32.2. The lowest BCUT2D eigenvalue weighted by molar-refractivity contribution is -0.125. The van der Waals surface area contributed by atoms with Crippen LogP contribution in [0.2, 0.25) is 0 Å². The first-order valence-corrected chi connectivity index (χ1v) is 16.0. The van der Waals surface area contributed by atoms with E-state index >= 15 is 0 Å². The van der Waals surface area contributed by atoms with Gasteiger partial charge in [0.15, 0.2) is 28.2 Å². The van der Waals surface area contributed by atoms with Crippen molar-refractivity contribution in [3.8, 4) is 0 Å². The third-order valence-corrected chi connectivity index (χ3v) is 10.7. The van der Waals surface area contributed by atoms with Crippen LogP contribution in [0.3, 0.4) is 0 Å². The second-order valence-corrected chi connectivity index (χ2v) is 13.2. The highest BCUT2D eigenvalue weighted by Crippen LogP contribution is 2.36. The molecule has 1 unspecified atom stereocenters. The maximum atomic E-state index is 14.6. The second kappa shape index (κ2) is 12.0. The molecule has 1 saturated heterocycles. The molecule has 1 aliphatic heterocycles. The molecule has 2 fully saturated rings. The van der Waals surface area contributed by atoms with Crippen LogP contribution in [0, 0.1) is 29.1 Å². The van der Waals surface area contributed by atoms with Crippen LogP contribution >= 0.6 is 0 Å². The van der Waals surface area contributed by atoms with Gasteiger partial charge in [0.05, 0.1) is 6.54 Å². The van der Waals surface area contributed by atoms with Gasteiger partial charge in [-0.3, -0.25) is 9.59 Å². The van der Waals surface area contributed by atoms with Crippen LogP contribution in [0.1, 0.15) is 55.6 Å². The van der Waals surface area contributed by atoms with Crippen molar-refractivity contribution < 1.29 is 35.2 Å². The number of carbonyl (C=O) groups is 1. The Kier molecular flexibility index (Phi) is 8.25. The first-order chi connectivity index (χ1) is 21.5. The van der Waals surface area contributed by atoms with Crippen LogP contribution in [0.4, 0.5) is 27.6 Å². The normalized spacial score (nSPS) is 17.8. The summed E-state index contributed by atoms with van der Waals surface area (Å²) in [7, 11) is -5.32. The van der Waals surface area contributed by atoms with E-state index in [2.05, 4.69) is 4.98 Å². The van der Waals surface area contributed by atoms with Gasteiger partial charge >= 0.3 is 0 Å². The van der Waals surface area contributed by atoms with E-state index in [4.69, 9.17) is 0 Å². The third kappa shape index (κ3) is 5.52. The number of rotatable bonds is 7. The molecule has 2 heterocycles. The third-order valence-electron chi connectivity index (χ3n) is 8.72. The van der Waals surface area contributed by atoms with E-state index in [9.17, 15) is 40.0 Å². The van der Waals surface area contributed by atoms with E-state index in [1.54, 1.807) is 12.1 Å². The summed E-state index contributed by atoms with van der Waals surface area (Å²) in [5.41, 5.74) is 1.85. The quantitative estimate of drug-likeness (QED) is 0.146. The predicted molar refractivity (Wildman–Crippen MR) is 157 cm³/mol. The Hall–Kier alpha value is -4.10. The minimum atomic E-state index is -5.32. The average molecular weight is 646 g/mol. The average Bonchev–Trinajstić information content (AvgIpc) is 3.01. The molecular formula is C32H28F5N3O4S. The van der Waals surface area contributed by atoms with Gasteiger partial charge in [-0.1, -0.05) is 43.5 Å². The Labute approximate surface area is 255 Å². The fraction of sp³-hybridized carbons (Fsp3) is 0.312. The van der Waals surface area contributed by atoms with E-state index in [0.717, 1.165) is 25.7 Å². The zero-order valence-corrected chi connectivity index (χ0v) is 24.6. The number of H-pyrrole nitrogens is 1. The van der Waals surface area contributed by atoms with E-state index in [1.807, 2.05) is 24.3 Å². The van der Waals surface area contributed by atoms with Gasteiger partial charge in [-0.25, -0.2) is 30.4 Å². The first kappa shape index (κ1) is 30.9. The summed E-state index contributed by atoms with van der Waals surface area (Å²) in [6.45, 7) is -0.402. The molecule has 1 aliphatic carbocycles. The van der Waals surface area contributed by atoms with Crippen LogP contribution in [-0.4, -0.2) is 36.2 Å². The van der Waals surface area contributed by atoms with Crippen LogP contribution in [0.25, 0.3) is 10.8 Å². The van der Waals surface area contributed by atoms with Gasteiger partial charge in [0.2, 0.25) is 21.7 Å². The van der Waals surface area contributed by atoms with E-state index < -0.39 is 56.0 Å². The summed E-state index contributed by atoms with van der Waals surface area (Å²) in [6, 6.07) is 12.5. The van der Waals surface area contributed by atoms with E-state index in [1.165, 1.54) is 35.2 Å². The van der Waals surface area contributed by atoms with Crippen molar-refractivity contribution in [3.05, 3.63) is 105 Å². The number of carbonyl (C=O) groups excluding carboxylic acids is 1. The van der Waals surface area contributed by atoms with Crippen molar-refractivity contribution in [2.24, 2.45) is 0 Å². The summed E-state index contributed by atoms with van der Waals surface area (Å²) < 4.78 is 97.6. The number of aromatic amines is 1. The molecule has 236 valence electrons. The number of nitrogens with one attached hydrogen (secondary N) is 1. The molecule has 1 N–H and O–H groups in total. The molecule has 1 saturated carbocycles. The van der Waals surface area contributed by atoms with Gasteiger partial charge < -0.3 is 9.88 Å². The molecule has 1 atom stereocenters. The molecule has 0 spiro atoms. The minimum Gasteiger partial charge on any atom is -0.329 e. The minimum absolute atomic E-state index is 0.0224. The summed E-state index contributed by atoms with van der Waals surface area (Å²) in [6.07, 6.45) is 7.09. The lowest BCUT2D eigenvalue weighted by Crippen LogP contribution is -2.59. The highest BCUT2D eigenvalue weighted by Gasteiger charge is 2.48. The Balaban J connectivity index is 1.35. The Bertz CT molecular complexity index is 1930. The number of pyridine rings is 1. The van der Waals surface area contributed by atoms with Crippen molar-refractivity contribution in [3.63, 3.8) is 0 Å². The van der Waals surface area contributed by atoms with Crippen LogP contribution in [0.5, 0.6) is 0 Å². The number of fused-ring (bicyclic) bond motifs is 1. The number of nitrogens with zero attached hydrogens (tertiary/aromatic N) is 2. The number of sulfonamides is 1. The smallest absolute Gasteiger partial charge is 0.255 e. The molecule has 0 bridgehead atoms. The number of hydrogen-bond donors (Lipinski definition) is 1. The molecule has 3 aromatic carbocycles. The Morgan fingerprint density at radius 2 is 1.49 bits per heavy atom. The summed E-state index contributed by atoms with van der Waals surface area (Å²) >= 11 is 0. The van der Waals surface area contributed by atoms with E-state index in [0.29, 0.717) is 32.2 Å². The van der Waals surface area contributed by atoms with Crippen molar-refractivity contribution in [1.82, 2.24) is 9.29 Å². The van der Waals surface area contributed by atoms with Crippen LogP contribution in [0.15, 0.2) is 64.4 Å². The van der Waals surface area contributed by atoms with Gasteiger partial charge in [-0.2, -0.15) is 4.31 Å². The van der Waals surface area contributed by atoms with Crippen LogP contribution in [-0.2, 0) is 21.4 Å². The SMILES string of the molecule is O=C(C1CCN1S(=O)(=O)c1c(F)c(F)c(F)c(F)c1F)N(Cc1ccc(C2CCCCC2)cc1)c1ccc2c(=O)[nH]ccc2c1. The zero-order chi connectivity index (χ0) is 32.0. The molecule has 13 heteroatoms. The molecule has 0 radical (unpaired) electrons. The van der Waals surface area contributed by atoms with Crippen molar-refractivity contribution in [2.45, 2.75) is 61.9 Å². The van der Waals surface area contributed by atoms with Gasteiger partial charge in [0.1, 0.15) is 6.04 Å². The first-order valence-electron chi connectivity index (χ1n) is 14.5. The Morgan fingerprint density at radius 1 is 0.844 bits per heavy atom. The number of amides is 1. The highest BCUT2D eigenvalue weighted by molar-refractivity contribution is 7.89. The van der Waals surface area contributed by atoms with Gasteiger partial charge in [0.25, 0.3) is 5.56 Å². The largest absolute Gasteiger partial charge is 0.329 e. The summed E-state index contributed by atoms with van der Waals surface area (Å²) in [5.74, 6) is -12.6. The van der Waals surface area contributed by atoms with Gasteiger partial charge in [0, 0.05) is 23.8 Å². The molecule has 4 aromatic rings. The standard InChI is InChI=1S/C32H28F5N3O4S/c33-25-26(34)28(36)30(29(37)27(25)35)45(43,44)40-15-13-24(40)32(42)39(22-10-11-23-21(16-22)12-14-38-31(23)41)17-18-6-8-20(9-7-18)19-4-2-1-3-5-19/h6-12,14,16,19,24H,1-5,13,15,17H2,(H,38,41). The topological polar surface area (TPSA) is 90.6 Å². The number of halogens is 5. The van der Waals surface area contributed by atoms with Crippen LogP contribution < -0.4 is 10.5 Å². The second-order valence-electron chi connectivity index (χ2n) is 11.4. The Morgan fingerprint density at radius 3 is 2.11 bits per heavy atom. The fourth-order valence-electron chi connectivity index (χ4n) is 6.16. The maximum Gasteiger partial charge on any atom is 0.255 e. The number of anilines is 1. The van der Waals surface area contributed by atoms with Crippen molar-refractivity contribution >= 4 is 32.4 Å². The zero-order valence-electron chi connectivity index (χ0n) is 23.8. The fourth-order valence-corrected chi connectivity index (χ4v) is 7.91. The van der Waals surface area contributed by atoms with Gasteiger partial charge in [-0.05, 0) is 66.0 Å². The monoisotopic (exact) mass is 645 g/mol. The lowest BCUT2D eigenvalue weighted by atomic mass is 9.84. The van der Waals surface area contributed by atoms with Crippen molar-refractivity contribution in [1.29, 1.82) is 0 Å². The lowest BCUT2D eigenvalue weighted by Gasteiger charge is -2.41. The molecule has 1 aromatic heterocycles. The van der Waals surface area contributed by atoms with Gasteiger partial charge in [-0.15, -0.1) is 0 Å². The number of hydrogen-bond acceptors (Lipinski definition) is 4. The molecule has 2 aliphatic rings. The predicted octanol–water partition coefficient (Wildman–Crippen LogP) is 6.27. The summed E-state index contributed by atoms with van der Waals surface area (Å²) in [4.78, 5) is 28.2. The molecule has 7 nitrogen and oxygen atoms in total.